The summed E-state index contributed by atoms with van der Waals surface area (Å²) in [7, 11) is 0. The maximum absolute atomic E-state index is 14.3. The van der Waals surface area contributed by atoms with Gasteiger partial charge in [-0.05, 0) is 49.9 Å². The number of ether oxygens (including phenoxy) is 1. The summed E-state index contributed by atoms with van der Waals surface area (Å²) in [6, 6.07) is 6.88. The van der Waals surface area contributed by atoms with Crippen LogP contribution in [0.1, 0.15) is 30.9 Å². The van der Waals surface area contributed by atoms with Crippen molar-refractivity contribution in [1.82, 2.24) is 19.9 Å². The van der Waals surface area contributed by atoms with Gasteiger partial charge in [-0.1, -0.05) is 6.58 Å². The maximum Gasteiger partial charge on any atom is 0.166 e. The predicted octanol–water partition coefficient (Wildman–Crippen LogP) is 3.34. The Balaban J connectivity index is 1.58. The number of benzene rings is 1. The molecule has 1 saturated heterocycles. The second-order valence-corrected chi connectivity index (χ2v) is 8.31. The van der Waals surface area contributed by atoms with E-state index in [1.165, 1.54) is 6.07 Å². The number of nitrogens with one attached hydrogen (secondary N) is 1. The summed E-state index contributed by atoms with van der Waals surface area (Å²) in [5.74, 6) is 1.89. The molecule has 29 heavy (non-hydrogen) atoms. The lowest BCUT2D eigenvalue weighted by Gasteiger charge is -2.31. The Bertz CT molecular complexity index is 1160. The summed E-state index contributed by atoms with van der Waals surface area (Å²) in [6.45, 7) is 7.65. The van der Waals surface area contributed by atoms with Crippen molar-refractivity contribution in [2.45, 2.75) is 31.4 Å². The Hall–Kier alpha value is -3.09. The number of rotatable bonds is 0. The van der Waals surface area contributed by atoms with E-state index >= 15 is 0 Å². The second kappa shape index (κ2) is 5.72. The minimum atomic E-state index is -0.249. The van der Waals surface area contributed by atoms with Crippen LogP contribution in [-0.2, 0) is 5.54 Å². The molecule has 1 aliphatic carbocycles. The molecule has 7 heteroatoms. The third-order valence-corrected chi connectivity index (χ3v) is 6.55. The van der Waals surface area contributed by atoms with Crippen molar-refractivity contribution in [1.29, 1.82) is 0 Å². The average molecular weight is 391 g/mol. The molecule has 148 valence electrons. The molecule has 3 aliphatic rings. The van der Waals surface area contributed by atoms with Crippen LogP contribution < -0.4 is 15.0 Å². The molecule has 3 aromatic rings. The van der Waals surface area contributed by atoms with E-state index in [9.17, 15) is 4.39 Å². The van der Waals surface area contributed by atoms with E-state index in [-0.39, 0.29) is 17.5 Å². The molecule has 0 unspecified atom stereocenters. The number of hydrogen-bond acceptors (Lipinski definition) is 5. The normalized spacial score (nSPS) is 27.8. The zero-order chi connectivity index (χ0) is 19.8. The Labute approximate surface area is 168 Å². The molecule has 0 amide bonds. The van der Waals surface area contributed by atoms with Gasteiger partial charge < -0.3 is 15.0 Å². The maximum atomic E-state index is 14.3. The fourth-order valence-electron chi connectivity index (χ4n) is 5.05. The van der Waals surface area contributed by atoms with Gasteiger partial charge >= 0.3 is 0 Å². The third kappa shape index (κ3) is 2.33. The minimum absolute atomic E-state index is 0.109. The van der Waals surface area contributed by atoms with Crippen molar-refractivity contribution in [3.05, 3.63) is 60.2 Å². The Morgan fingerprint density at radius 3 is 3.10 bits per heavy atom. The number of halogens is 1. The molecule has 3 atom stereocenters. The third-order valence-electron chi connectivity index (χ3n) is 6.55. The molecule has 0 radical (unpaired) electrons. The van der Waals surface area contributed by atoms with Crippen molar-refractivity contribution in [2.75, 3.05) is 18.0 Å². The monoisotopic (exact) mass is 391 g/mol. The van der Waals surface area contributed by atoms with Crippen LogP contribution in [0.5, 0.6) is 5.75 Å². The molecule has 1 spiro atoms. The lowest BCUT2D eigenvalue weighted by Crippen LogP contribution is -2.34. The van der Waals surface area contributed by atoms with E-state index in [0.29, 0.717) is 12.5 Å². The number of fused-ring (bicyclic) bond motifs is 3. The SMILES string of the molecule is C=C1NC[C@@H](C)Oc2ccc(F)cc2[C@@]23C[C@@H]2CCN3c2ccn3ncc1c3n2. The number of piperidine rings is 1. The van der Waals surface area contributed by atoms with Crippen molar-refractivity contribution >= 4 is 17.2 Å². The van der Waals surface area contributed by atoms with Crippen LogP contribution in [0.2, 0.25) is 0 Å². The lowest BCUT2D eigenvalue weighted by atomic mass is 10.0. The molecule has 1 saturated carbocycles. The van der Waals surface area contributed by atoms with Crippen LogP contribution in [0.4, 0.5) is 10.2 Å². The van der Waals surface area contributed by atoms with Gasteiger partial charge in [0.15, 0.2) is 5.65 Å². The van der Waals surface area contributed by atoms with Crippen LogP contribution in [0, 0.1) is 11.7 Å². The summed E-state index contributed by atoms with van der Waals surface area (Å²) in [6.07, 6.45) is 5.67. The first-order valence-electron chi connectivity index (χ1n) is 10.1. The van der Waals surface area contributed by atoms with Gasteiger partial charge in [-0.15, -0.1) is 0 Å². The number of hydrogen-bond donors (Lipinski definition) is 1. The first kappa shape index (κ1) is 16.8. The fourth-order valence-corrected chi connectivity index (χ4v) is 5.05. The van der Waals surface area contributed by atoms with E-state index in [2.05, 4.69) is 21.9 Å². The molecule has 6 nitrogen and oxygen atoms in total. The number of nitrogens with zero attached hydrogens (tertiary/aromatic N) is 4. The van der Waals surface area contributed by atoms with Gasteiger partial charge in [0.05, 0.1) is 23.8 Å². The first-order valence-corrected chi connectivity index (χ1v) is 10.1. The quantitative estimate of drug-likeness (QED) is 0.637. The topological polar surface area (TPSA) is 54.7 Å². The highest BCUT2D eigenvalue weighted by molar-refractivity contribution is 5.74. The summed E-state index contributed by atoms with van der Waals surface area (Å²) in [5, 5.41) is 7.75. The van der Waals surface area contributed by atoms with Gasteiger partial charge in [-0.3, -0.25) is 0 Å². The van der Waals surface area contributed by atoms with Crippen molar-refractivity contribution in [2.24, 2.45) is 5.92 Å². The van der Waals surface area contributed by atoms with Gasteiger partial charge in [0.2, 0.25) is 0 Å². The van der Waals surface area contributed by atoms with Gasteiger partial charge in [-0.25, -0.2) is 13.9 Å². The summed E-state index contributed by atoms with van der Waals surface area (Å²) < 4.78 is 22.4. The smallest absolute Gasteiger partial charge is 0.166 e. The molecule has 1 aromatic carbocycles. The predicted molar refractivity (Wildman–Crippen MR) is 108 cm³/mol. The zero-order valence-corrected chi connectivity index (χ0v) is 16.2. The fraction of sp³-hybridized carbons (Fsp3) is 0.364. The molecule has 2 aliphatic heterocycles. The highest BCUT2D eigenvalue weighted by Gasteiger charge is 2.64. The highest BCUT2D eigenvalue weighted by atomic mass is 19.1. The minimum Gasteiger partial charge on any atom is -0.489 e. The van der Waals surface area contributed by atoms with Crippen LogP contribution in [-0.4, -0.2) is 33.8 Å². The Morgan fingerprint density at radius 2 is 2.24 bits per heavy atom. The summed E-state index contributed by atoms with van der Waals surface area (Å²) in [5.41, 5.74) is 3.09. The van der Waals surface area contributed by atoms with E-state index < -0.39 is 0 Å². The largest absolute Gasteiger partial charge is 0.489 e. The summed E-state index contributed by atoms with van der Waals surface area (Å²) in [4.78, 5) is 7.28. The van der Waals surface area contributed by atoms with Crippen molar-refractivity contribution < 1.29 is 9.13 Å². The van der Waals surface area contributed by atoms with E-state index in [4.69, 9.17) is 9.72 Å². The molecule has 6 rings (SSSR count). The molecule has 2 bridgehead atoms. The molecular formula is C22H22FN5O. The average Bonchev–Trinajstić information content (AvgIpc) is 3.10. The lowest BCUT2D eigenvalue weighted by molar-refractivity contribution is 0.219. The van der Waals surface area contributed by atoms with E-state index in [1.54, 1.807) is 22.8 Å². The van der Waals surface area contributed by atoms with Gasteiger partial charge in [0.25, 0.3) is 0 Å². The zero-order valence-electron chi connectivity index (χ0n) is 16.2. The standard InChI is InChI=1S/C22H22FN5O/c1-13-11-24-14(2)17-12-25-28-8-6-20(26-21(17)28)27-7-5-15-10-22(15,27)18-9-16(23)3-4-19(18)29-13/h3-4,6,8-9,12-13,15,24H,2,5,7,10-11H2,1H3/t13-,15+,22-/m1/s1. The van der Waals surface area contributed by atoms with Crippen molar-refractivity contribution in [3.8, 4) is 5.75 Å². The number of anilines is 1. The highest BCUT2D eigenvalue weighted by Crippen LogP contribution is 2.65. The van der Waals surface area contributed by atoms with Gasteiger partial charge in [0, 0.05) is 24.0 Å². The summed E-state index contributed by atoms with van der Waals surface area (Å²) >= 11 is 0. The van der Waals surface area contributed by atoms with E-state index in [0.717, 1.165) is 53.4 Å². The Morgan fingerprint density at radius 1 is 1.34 bits per heavy atom. The van der Waals surface area contributed by atoms with Crippen molar-refractivity contribution in [3.63, 3.8) is 0 Å². The molecule has 4 heterocycles. The molecular weight excluding hydrogens is 369 g/mol. The van der Waals surface area contributed by atoms with Crippen LogP contribution in [0.25, 0.3) is 11.3 Å². The molecule has 1 N–H and O–H groups in total. The molecule has 2 aromatic heterocycles. The van der Waals surface area contributed by atoms with Crippen LogP contribution >= 0.6 is 0 Å². The van der Waals surface area contributed by atoms with Crippen LogP contribution in [0.15, 0.2) is 43.2 Å². The number of aromatic nitrogens is 3. The van der Waals surface area contributed by atoms with Gasteiger partial charge in [0.1, 0.15) is 23.5 Å². The Kier molecular flexibility index (Phi) is 3.32. The first-order chi connectivity index (χ1) is 14.1. The van der Waals surface area contributed by atoms with Gasteiger partial charge in [-0.2, -0.15) is 5.10 Å². The second-order valence-electron chi connectivity index (χ2n) is 8.31. The van der Waals surface area contributed by atoms with Crippen LogP contribution in [0.3, 0.4) is 0 Å². The molecule has 2 fully saturated rings. The van der Waals surface area contributed by atoms with E-state index in [1.807, 2.05) is 19.2 Å².